The van der Waals surface area contributed by atoms with E-state index in [1.807, 2.05) is 13.8 Å². The van der Waals surface area contributed by atoms with Crippen molar-refractivity contribution in [3.8, 4) is 17.1 Å². The summed E-state index contributed by atoms with van der Waals surface area (Å²) in [4.78, 5) is 18.3. The molecule has 5 N–H and O–H groups in total. The first kappa shape index (κ1) is 19.5. The van der Waals surface area contributed by atoms with Gasteiger partial charge in [0.15, 0.2) is 17.5 Å². The summed E-state index contributed by atoms with van der Waals surface area (Å²) in [6.07, 6.45) is 3.71. The number of hydrogen-bond acceptors (Lipinski definition) is 5. The molecule has 0 spiro atoms. The average molecular weight is 396 g/mol. The molecule has 0 radical (unpaired) electrons. The number of aromatic amines is 1. The van der Waals surface area contributed by atoms with Gasteiger partial charge in [-0.05, 0) is 12.3 Å². The van der Waals surface area contributed by atoms with E-state index in [0.29, 0.717) is 11.1 Å². The lowest BCUT2D eigenvalue weighted by molar-refractivity contribution is -0.119. The molecule has 0 saturated heterocycles. The molecule has 0 aliphatic rings. The van der Waals surface area contributed by atoms with Crippen LogP contribution in [0.3, 0.4) is 0 Å². The molecule has 0 fully saturated rings. The average Bonchev–Trinajstić information content (AvgIpc) is 3.24. The number of halogens is 3. The van der Waals surface area contributed by atoms with Gasteiger partial charge in [-0.15, -0.1) is 0 Å². The van der Waals surface area contributed by atoms with Gasteiger partial charge < -0.3 is 21.1 Å². The summed E-state index contributed by atoms with van der Waals surface area (Å²) in [5, 5.41) is 16.3. The van der Waals surface area contributed by atoms with Crippen LogP contribution in [0.4, 0.5) is 19.0 Å². The molecule has 3 aromatic rings. The quantitative estimate of drug-likeness (QED) is 0.489. The van der Waals surface area contributed by atoms with E-state index in [0.717, 1.165) is 12.4 Å². The summed E-state index contributed by atoms with van der Waals surface area (Å²) >= 11 is 0. The largest absolute Gasteiger partial charge is 0.494 e. The maximum Gasteiger partial charge on any atom is 0.333 e. The molecule has 0 aliphatic heterocycles. The zero-order valence-electron chi connectivity index (χ0n) is 15.1. The summed E-state index contributed by atoms with van der Waals surface area (Å²) < 4.78 is 41.0. The van der Waals surface area contributed by atoms with Crippen LogP contribution in [0.15, 0.2) is 18.6 Å². The number of nitrogens with zero attached hydrogens (tertiary/aromatic N) is 3. The first-order valence-corrected chi connectivity index (χ1v) is 8.47. The molecule has 0 bridgehead atoms. The van der Waals surface area contributed by atoms with Crippen LogP contribution < -0.4 is 11.1 Å². The molecular formula is C17H19F3N6O2. The highest BCUT2D eigenvalue weighted by molar-refractivity contribution is 6.00. The number of carbonyl (C=O) groups is 1. The van der Waals surface area contributed by atoms with Gasteiger partial charge in [0.1, 0.15) is 6.04 Å². The number of aromatic hydroxyl groups is 1. The lowest BCUT2D eigenvalue weighted by Gasteiger charge is -2.19. The molecule has 3 rings (SSSR count). The first-order valence-electron chi connectivity index (χ1n) is 8.47. The van der Waals surface area contributed by atoms with Gasteiger partial charge in [-0.25, -0.2) is 14.1 Å². The number of amides is 1. The van der Waals surface area contributed by atoms with Crippen LogP contribution in [-0.2, 0) is 4.79 Å². The predicted octanol–water partition coefficient (Wildman–Crippen LogP) is 2.98. The van der Waals surface area contributed by atoms with Crippen molar-refractivity contribution in [1.82, 2.24) is 19.7 Å². The number of carbonyl (C=O) groups excluding carboxylic acids is 1. The van der Waals surface area contributed by atoms with Crippen molar-refractivity contribution in [2.45, 2.75) is 32.9 Å². The van der Waals surface area contributed by atoms with Gasteiger partial charge in [0.25, 0.3) is 0 Å². The summed E-state index contributed by atoms with van der Waals surface area (Å²) in [6, 6.07) is -0.886. The Hall–Kier alpha value is -3.24. The number of H-pyrrole nitrogens is 1. The molecule has 8 nitrogen and oxygen atoms in total. The van der Waals surface area contributed by atoms with Crippen molar-refractivity contribution in [3.05, 3.63) is 24.4 Å². The smallest absolute Gasteiger partial charge is 0.333 e. The van der Waals surface area contributed by atoms with Crippen molar-refractivity contribution in [1.29, 1.82) is 0 Å². The second-order valence-corrected chi connectivity index (χ2v) is 6.76. The van der Waals surface area contributed by atoms with E-state index >= 15 is 0 Å². The molecule has 0 aromatic carbocycles. The van der Waals surface area contributed by atoms with E-state index in [2.05, 4.69) is 20.4 Å². The van der Waals surface area contributed by atoms with Crippen LogP contribution in [0.1, 0.15) is 26.8 Å². The van der Waals surface area contributed by atoms with Crippen LogP contribution >= 0.6 is 0 Å². The monoisotopic (exact) mass is 396 g/mol. The SMILES string of the molecule is CC(C)C[C@@H](Nc1nc(-c2cnn(C(F)F)c2)c2c(O)[nH]cc2c1F)C(N)=O. The van der Waals surface area contributed by atoms with E-state index in [1.54, 1.807) is 0 Å². The number of rotatable bonds is 7. The Labute approximate surface area is 157 Å². The zero-order valence-corrected chi connectivity index (χ0v) is 15.1. The molecule has 0 aliphatic carbocycles. The van der Waals surface area contributed by atoms with Gasteiger partial charge in [-0.1, -0.05) is 13.8 Å². The van der Waals surface area contributed by atoms with Crippen molar-refractivity contribution >= 4 is 22.5 Å². The minimum atomic E-state index is -2.87. The highest BCUT2D eigenvalue weighted by Crippen LogP contribution is 2.37. The fourth-order valence-electron chi connectivity index (χ4n) is 2.92. The van der Waals surface area contributed by atoms with Gasteiger partial charge in [-0.2, -0.15) is 13.9 Å². The summed E-state index contributed by atoms with van der Waals surface area (Å²) in [5.41, 5.74) is 5.56. The van der Waals surface area contributed by atoms with Crippen molar-refractivity contribution in [2.24, 2.45) is 11.7 Å². The molecule has 0 saturated carbocycles. The molecule has 3 heterocycles. The molecule has 1 atom stereocenters. The molecule has 28 heavy (non-hydrogen) atoms. The topological polar surface area (TPSA) is 122 Å². The Kier molecular flexibility index (Phi) is 5.16. The minimum Gasteiger partial charge on any atom is -0.494 e. The number of aromatic nitrogens is 4. The van der Waals surface area contributed by atoms with E-state index < -0.39 is 24.3 Å². The maximum atomic E-state index is 14.9. The van der Waals surface area contributed by atoms with Crippen molar-refractivity contribution in [3.63, 3.8) is 0 Å². The molecule has 0 unspecified atom stereocenters. The number of alkyl halides is 2. The van der Waals surface area contributed by atoms with Gasteiger partial charge in [0.05, 0.1) is 17.3 Å². The van der Waals surface area contributed by atoms with E-state index in [1.165, 1.54) is 6.20 Å². The summed E-state index contributed by atoms with van der Waals surface area (Å²) in [7, 11) is 0. The normalized spacial score (nSPS) is 12.8. The van der Waals surface area contributed by atoms with Crippen LogP contribution in [0.5, 0.6) is 5.88 Å². The lowest BCUT2D eigenvalue weighted by Crippen LogP contribution is -2.37. The van der Waals surface area contributed by atoms with Gasteiger partial charge in [-0.3, -0.25) is 4.79 Å². The third-order valence-corrected chi connectivity index (χ3v) is 4.20. The van der Waals surface area contributed by atoms with Gasteiger partial charge >= 0.3 is 6.55 Å². The lowest BCUT2D eigenvalue weighted by atomic mass is 10.0. The highest BCUT2D eigenvalue weighted by atomic mass is 19.3. The van der Waals surface area contributed by atoms with Crippen LogP contribution in [0.2, 0.25) is 0 Å². The summed E-state index contributed by atoms with van der Waals surface area (Å²) in [5.74, 6) is -2.06. The van der Waals surface area contributed by atoms with Crippen molar-refractivity contribution < 1.29 is 23.1 Å². The van der Waals surface area contributed by atoms with Gasteiger partial charge in [0.2, 0.25) is 5.91 Å². The molecule has 150 valence electrons. The van der Waals surface area contributed by atoms with Crippen molar-refractivity contribution in [2.75, 3.05) is 5.32 Å². The van der Waals surface area contributed by atoms with Crippen LogP contribution in [-0.4, -0.2) is 36.8 Å². The zero-order chi connectivity index (χ0) is 20.6. The third-order valence-electron chi connectivity index (χ3n) is 4.20. The number of nitrogens with one attached hydrogen (secondary N) is 2. The van der Waals surface area contributed by atoms with E-state index in [-0.39, 0.29) is 39.6 Å². The Morgan fingerprint density at radius 2 is 2.14 bits per heavy atom. The Balaban J connectivity index is 2.14. The summed E-state index contributed by atoms with van der Waals surface area (Å²) in [6.45, 7) is 0.880. The number of pyridine rings is 1. The van der Waals surface area contributed by atoms with Crippen LogP contribution in [0.25, 0.3) is 22.0 Å². The predicted molar refractivity (Wildman–Crippen MR) is 96.3 cm³/mol. The van der Waals surface area contributed by atoms with Gasteiger partial charge in [0, 0.05) is 23.3 Å². The van der Waals surface area contributed by atoms with Crippen LogP contribution in [0, 0.1) is 11.7 Å². The highest BCUT2D eigenvalue weighted by Gasteiger charge is 2.24. The van der Waals surface area contributed by atoms with E-state index in [4.69, 9.17) is 5.73 Å². The first-order chi connectivity index (χ1) is 13.2. The fraction of sp³-hybridized carbons (Fsp3) is 0.353. The van der Waals surface area contributed by atoms with E-state index in [9.17, 15) is 23.1 Å². The molecule has 1 amide bonds. The molecular weight excluding hydrogens is 377 g/mol. The number of hydrogen-bond donors (Lipinski definition) is 4. The fourth-order valence-corrected chi connectivity index (χ4v) is 2.92. The number of nitrogens with two attached hydrogens (primary N) is 1. The Morgan fingerprint density at radius 1 is 1.43 bits per heavy atom. The Bertz CT molecular complexity index is 1010. The molecule has 3 aromatic heterocycles. The standard InChI is InChI=1S/C17H19F3N6O2/c1-7(2)3-10(14(21)27)24-15-12(18)9-5-22-16(28)11(9)13(25-15)8-4-23-26(6-8)17(19)20/h4-7,10,17,22,24,28H,3H2,1-2H3,(H2,21,27)/t10-/m1/s1. The molecule has 11 heteroatoms. The Morgan fingerprint density at radius 3 is 2.71 bits per heavy atom. The third kappa shape index (κ3) is 3.59. The number of fused-ring (bicyclic) bond motifs is 1. The minimum absolute atomic E-state index is 0.0105. The second-order valence-electron chi connectivity index (χ2n) is 6.76. The number of primary amides is 1. The second kappa shape index (κ2) is 7.41. The number of anilines is 1. The maximum absolute atomic E-state index is 14.9.